The molecule has 2 aromatic rings. The zero-order valence-electron chi connectivity index (χ0n) is 15.7. The number of carbonyl (C=O) groups excluding carboxylic acids is 1. The fourth-order valence-electron chi connectivity index (χ4n) is 4.30. The van der Waals surface area contributed by atoms with Gasteiger partial charge >= 0.3 is 0 Å². The Labute approximate surface area is 167 Å². The lowest BCUT2D eigenvalue weighted by molar-refractivity contribution is -0.118. The fourth-order valence-corrected chi connectivity index (χ4v) is 4.30. The molecule has 5 rings (SSSR count). The summed E-state index contributed by atoms with van der Waals surface area (Å²) in [5.41, 5.74) is 3.13. The third-order valence-corrected chi connectivity index (χ3v) is 5.83. The molecule has 27 heavy (non-hydrogen) atoms. The average Bonchev–Trinajstić information content (AvgIpc) is 2.69. The molecule has 0 radical (unpaired) electrons. The number of anilines is 1. The van der Waals surface area contributed by atoms with Crippen LogP contribution in [-0.4, -0.2) is 37.6 Å². The fraction of sp³-hybridized carbons (Fsp3) is 0.409. The Morgan fingerprint density at radius 3 is 2.15 bits per heavy atom. The number of hydrogen-bond acceptors (Lipinski definition) is 3. The minimum atomic E-state index is 0. The van der Waals surface area contributed by atoms with Crippen molar-refractivity contribution in [3.8, 4) is 16.9 Å². The van der Waals surface area contributed by atoms with Gasteiger partial charge in [-0.05, 0) is 73.2 Å². The molecule has 1 unspecified atom stereocenters. The van der Waals surface area contributed by atoms with Crippen LogP contribution in [0.1, 0.15) is 19.3 Å². The summed E-state index contributed by atoms with van der Waals surface area (Å²) in [6.45, 7) is 3.53. The van der Waals surface area contributed by atoms with Gasteiger partial charge in [-0.1, -0.05) is 24.3 Å². The van der Waals surface area contributed by atoms with Crippen LogP contribution in [-0.2, 0) is 4.79 Å². The molecule has 1 atom stereocenters. The summed E-state index contributed by atoms with van der Waals surface area (Å²) in [5, 5.41) is 3.07. The normalized spacial score (nSPS) is 23.4. The van der Waals surface area contributed by atoms with Gasteiger partial charge in [0.15, 0.2) is 0 Å². The van der Waals surface area contributed by atoms with Gasteiger partial charge in [0.05, 0.1) is 7.11 Å². The number of methoxy groups -OCH3 is 1. The third-order valence-electron chi connectivity index (χ3n) is 5.83. The second kappa shape index (κ2) is 8.77. The van der Waals surface area contributed by atoms with Crippen molar-refractivity contribution < 1.29 is 9.53 Å². The molecular weight excluding hydrogens is 360 g/mol. The number of amides is 1. The van der Waals surface area contributed by atoms with Crippen molar-refractivity contribution in [2.24, 2.45) is 11.8 Å². The number of rotatable bonds is 5. The highest BCUT2D eigenvalue weighted by atomic mass is 35.5. The first-order valence-corrected chi connectivity index (χ1v) is 9.48. The van der Waals surface area contributed by atoms with Gasteiger partial charge in [0, 0.05) is 18.7 Å². The van der Waals surface area contributed by atoms with Crippen LogP contribution in [0.15, 0.2) is 48.5 Å². The largest absolute Gasteiger partial charge is 0.497 e. The van der Waals surface area contributed by atoms with E-state index in [1.54, 1.807) is 7.11 Å². The summed E-state index contributed by atoms with van der Waals surface area (Å²) in [4.78, 5) is 14.9. The Balaban J connectivity index is 0.00000210. The smallest absolute Gasteiger partial charge is 0.224 e. The molecule has 5 heteroatoms. The van der Waals surface area contributed by atoms with E-state index in [9.17, 15) is 4.79 Å². The number of halogens is 1. The van der Waals surface area contributed by atoms with E-state index in [1.165, 1.54) is 25.9 Å². The maximum Gasteiger partial charge on any atom is 0.224 e. The second-order valence-electron chi connectivity index (χ2n) is 7.46. The molecule has 0 aliphatic carbocycles. The van der Waals surface area contributed by atoms with Crippen molar-refractivity contribution in [2.45, 2.75) is 19.3 Å². The zero-order chi connectivity index (χ0) is 17.9. The molecular formula is C22H27ClN2O2. The van der Waals surface area contributed by atoms with Gasteiger partial charge in [0.2, 0.25) is 5.91 Å². The number of ether oxygens (including phenoxy) is 1. The second-order valence-corrected chi connectivity index (χ2v) is 7.46. The van der Waals surface area contributed by atoms with Crippen LogP contribution in [0.4, 0.5) is 5.69 Å². The molecule has 2 aromatic carbocycles. The van der Waals surface area contributed by atoms with Crippen LogP contribution in [0, 0.1) is 11.8 Å². The Morgan fingerprint density at radius 2 is 1.63 bits per heavy atom. The summed E-state index contributed by atoms with van der Waals surface area (Å²) < 4.78 is 5.20. The van der Waals surface area contributed by atoms with Crippen LogP contribution in [0.2, 0.25) is 0 Å². The van der Waals surface area contributed by atoms with Crippen LogP contribution >= 0.6 is 12.4 Å². The number of hydrogen-bond donors (Lipinski definition) is 1. The molecule has 3 heterocycles. The summed E-state index contributed by atoms with van der Waals surface area (Å²) in [5.74, 6) is 2.26. The number of benzene rings is 2. The van der Waals surface area contributed by atoms with Gasteiger partial charge in [0.1, 0.15) is 5.75 Å². The van der Waals surface area contributed by atoms with Crippen molar-refractivity contribution in [1.82, 2.24) is 4.90 Å². The number of carbonyl (C=O) groups is 1. The Hall–Kier alpha value is -2.04. The molecule has 3 fully saturated rings. The first kappa shape index (κ1) is 19.7. The van der Waals surface area contributed by atoms with Gasteiger partial charge < -0.3 is 15.0 Å². The van der Waals surface area contributed by atoms with E-state index in [1.807, 2.05) is 48.5 Å². The van der Waals surface area contributed by atoms with Crippen molar-refractivity contribution in [3.63, 3.8) is 0 Å². The molecule has 144 valence electrons. The van der Waals surface area contributed by atoms with E-state index < -0.39 is 0 Å². The molecule has 0 spiro atoms. The van der Waals surface area contributed by atoms with E-state index >= 15 is 0 Å². The average molecular weight is 387 g/mol. The van der Waals surface area contributed by atoms with E-state index in [-0.39, 0.29) is 18.3 Å². The minimum absolute atomic E-state index is 0. The maximum absolute atomic E-state index is 12.4. The highest BCUT2D eigenvalue weighted by Gasteiger charge is 2.34. The summed E-state index contributed by atoms with van der Waals surface area (Å²) in [6.07, 6.45) is 3.16. The molecule has 3 saturated heterocycles. The number of piperidine rings is 3. The zero-order valence-corrected chi connectivity index (χ0v) is 16.5. The summed E-state index contributed by atoms with van der Waals surface area (Å²) in [6, 6.07) is 16.1. The first-order valence-electron chi connectivity index (χ1n) is 9.48. The lowest BCUT2D eigenvalue weighted by atomic mass is 9.77. The number of nitrogens with zero attached hydrogens (tertiary/aromatic N) is 1. The predicted octanol–water partition coefficient (Wildman–Crippen LogP) is 4.45. The Kier molecular flexibility index (Phi) is 6.40. The molecule has 1 N–H and O–H groups in total. The quantitative estimate of drug-likeness (QED) is 0.825. The number of nitrogens with one attached hydrogen (secondary N) is 1. The van der Waals surface area contributed by atoms with Gasteiger partial charge in [-0.2, -0.15) is 0 Å². The SMILES string of the molecule is COc1ccc(-c2ccc(NC(=O)CC3CN4CCC3CC4)cc2)cc1.Cl. The maximum atomic E-state index is 12.4. The Morgan fingerprint density at radius 1 is 1.04 bits per heavy atom. The van der Waals surface area contributed by atoms with Crippen LogP contribution in [0.5, 0.6) is 5.75 Å². The van der Waals surface area contributed by atoms with Crippen molar-refractivity contribution in [3.05, 3.63) is 48.5 Å². The Bertz CT molecular complexity index is 753. The minimum Gasteiger partial charge on any atom is -0.497 e. The molecule has 0 saturated carbocycles. The molecule has 0 aromatic heterocycles. The van der Waals surface area contributed by atoms with E-state index in [0.717, 1.165) is 35.0 Å². The van der Waals surface area contributed by atoms with Crippen molar-refractivity contribution in [2.75, 3.05) is 32.1 Å². The topological polar surface area (TPSA) is 41.6 Å². The highest BCUT2D eigenvalue weighted by molar-refractivity contribution is 5.91. The first-order chi connectivity index (χ1) is 12.7. The summed E-state index contributed by atoms with van der Waals surface area (Å²) in [7, 11) is 1.67. The lowest BCUT2D eigenvalue weighted by Crippen LogP contribution is -2.48. The van der Waals surface area contributed by atoms with Crippen LogP contribution < -0.4 is 10.1 Å². The highest BCUT2D eigenvalue weighted by Crippen LogP contribution is 2.34. The van der Waals surface area contributed by atoms with E-state index in [4.69, 9.17) is 4.74 Å². The third kappa shape index (κ3) is 4.63. The monoisotopic (exact) mass is 386 g/mol. The molecule has 3 aliphatic rings. The van der Waals surface area contributed by atoms with E-state index in [0.29, 0.717) is 12.3 Å². The molecule has 2 bridgehead atoms. The van der Waals surface area contributed by atoms with Gasteiger partial charge in [0.25, 0.3) is 0 Å². The van der Waals surface area contributed by atoms with Crippen molar-refractivity contribution >= 4 is 24.0 Å². The molecule has 4 nitrogen and oxygen atoms in total. The number of fused-ring (bicyclic) bond motifs is 3. The van der Waals surface area contributed by atoms with Gasteiger partial charge in [-0.3, -0.25) is 4.79 Å². The molecule has 3 aliphatic heterocycles. The summed E-state index contributed by atoms with van der Waals surface area (Å²) >= 11 is 0. The van der Waals surface area contributed by atoms with Crippen LogP contribution in [0.25, 0.3) is 11.1 Å². The van der Waals surface area contributed by atoms with Crippen molar-refractivity contribution in [1.29, 1.82) is 0 Å². The standard InChI is InChI=1S/C22H26N2O2.ClH/c1-26-21-8-4-17(5-9-21)16-2-6-20(7-3-16)23-22(25)14-19-15-24-12-10-18(19)11-13-24;/h2-9,18-19H,10-15H2,1H3,(H,23,25);1H. The van der Waals surface area contributed by atoms with E-state index in [2.05, 4.69) is 10.2 Å². The van der Waals surface area contributed by atoms with Gasteiger partial charge in [-0.15, -0.1) is 12.4 Å². The van der Waals surface area contributed by atoms with Crippen LogP contribution in [0.3, 0.4) is 0 Å². The molecule has 1 amide bonds. The lowest BCUT2D eigenvalue weighted by Gasteiger charge is -2.44. The predicted molar refractivity (Wildman–Crippen MR) is 112 cm³/mol. The van der Waals surface area contributed by atoms with Gasteiger partial charge in [-0.25, -0.2) is 0 Å².